The van der Waals surface area contributed by atoms with Crippen molar-refractivity contribution in [3.05, 3.63) is 34.6 Å². The molecule has 2 aliphatic rings. The number of hydrogen-bond acceptors (Lipinski definition) is 5. The molecule has 156 valence electrons. The van der Waals surface area contributed by atoms with Crippen LogP contribution in [0, 0.1) is 5.92 Å². The lowest BCUT2D eigenvalue weighted by Gasteiger charge is -2.31. The molecule has 1 aliphatic heterocycles. The van der Waals surface area contributed by atoms with Gasteiger partial charge in [0.25, 0.3) is 0 Å². The van der Waals surface area contributed by atoms with Gasteiger partial charge in [-0.15, -0.1) is 0 Å². The number of likely N-dealkylation sites (tertiary alicyclic amines) is 1. The molecule has 4 rings (SSSR count). The number of amides is 1. The Hall–Kier alpha value is -1.73. The van der Waals surface area contributed by atoms with E-state index in [0.29, 0.717) is 24.3 Å². The summed E-state index contributed by atoms with van der Waals surface area (Å²) in [6, 6.07) is 8.26. The first-order valence-corrected chi connectivity index (χ1v) is 11.6. The molecular formula is C22H29BrN4O2. The number of carbonyl (C=O) groups excluding carboxylic acids is 1. The first-order chi connectivity index (χ1) is 14.2. The Bertz CT molecular complexity index is 791. The molecule has 0 spiro atoms. The number of nitrogens with one attached hydrogen (secondary N) is 1. The third-order valence-corrected chi connectivity index (χ3v) is 6.62. The van der Waals surface area contributed by atoms with Gasteiger partial charge >= 0.3 is 0 Å². The molecule has 1 aliphatic carbocycles. The first-order valence-electron chi connectivity index (χ1n) is 10.8. The zero-order valence-electron chi connectivity index (χ0n) is 16.8. The number of halogens is 1. The Morgan fingerprint density at radius 2 is 1.76 bits per heavy atom. The fourth-order valence-corrected chi connectivity index (χ4v) is 4.59. The fourth-order valence-electron chi connectivity index (χ4n) is 4.32. The lowest BCUT2D eigenvalue weighted by molar-refractivity contribution is -0.127. The van der Waals surface area contributed by atoms with Gasteiger partial charge in [0, 0.05) is 22.0 Å². The summed E-state index contributed by atoms with van der Waals surface area (Å²) >= 11 is 3.44. The molecule has 1 N–H and O–H groups in total. The van der Waals surface area contributed by atoms with E-state index < -0.39 is 0 Å². The second kappa shape index (κ2) is 9.85. The van der Waals surface area contributed by atoms with Crippen molar-refractivity contribution >= 4 is 21.8 Å². The Morgan fingerprint density at radius 1 is 1.07 bits per heavy atom. The van der Waals surface area contributed by atoms with Gasteiger partial charge in [-0.2, -0.15) is 4.98 Å². The smallest absolute Gasteiger partial charge is 0.241 e. The highest BCUT2D eigenvalue weighted by Gasteiger charge is 2.27. The molecular weight excluding hydrogens is 432 g/mol. The van der Waals surface area contributed by atoms with E-state index in [4.69, 9.17) is 4.52 Å². The van der Waals surface area contributed by atoms with Crippen LogP contribution in [-0.4, -0.2) is 40.1 Å². The zero-order valence-corrected chi connectivity index (χ0v) is 18.4. The van der Waals surface area contributed by atoms with Crippen LogP contribution in [0.2, 0.25) is 0 Å². The van der Waals surface area contributed by atoms with Gasteiger partial charge < -0.3 is 9.84 Å². The quantitative estimate of drug-likeness (QED) is 0.662. The predicted octanol–water partition coefficient (Wildman–Crippen LogP) is 4.55. The van der Waals surface area contributed by atoms with Crippen molar-refractivity contribution in [1.29, 1.82) is 0 Å². The highest BCUT2D eigenvalue weighted by atomic mass is 79.9. The number of carbonyl (C=O) groups is 1. The molecule has 2 fully saturated rings. The summed E-state index contributed by atoms with van der Waals surface area (Å²) in [5, 5.41) is 7.42. The maximum absolute atomic E-state index is 12.7. The highest BCUT2D eigenvalue weighted by molar-refractivity contribution is 9.10. The third kappa shape index (κ3) is 5.66. The molecule has 0 atom stereocenters. The third-order valence-electron chi connectivity index (χ3n) is 6.09. The van der Waals surface area contributed by atoms with Gasteiger partial charge in [-0.25, -0.2) is 0 Å². The van der Waals surface area contributed by atoms with Crippen LogP contribution in [0.1, 0.15) is 57.3 Å². The highest BCUT2D eigenvalue weighted by Crippen LogP contribution is 2.23. The van der Waals surface area contributed by atoms with Crippen LogP contribution < -0.4 is 5.32 Å². The van der Waals surface area contributed by atoms with Crippen LogP contribution in [0.4, 0.5) is 0 Å². The summed E-state index contributed by atoms with van der Waals surface area (Å²) in [6.45, 7) is 2.41. The van der Waals surface area contributed by atoms with E-state index in [2.05, 4.69) is 36.3 Å². The normalized spacial score (nSPS) is 19.8. The molecule has 1 aromatic carbocycles. The van der Waals surface area contributed by atoms with E-state index in [9.17, 15) is 4.79 Å². The molecule has 1 saturated heterocycles. The largest absolute Gasteiger partial charge is 0.353 e. The Labute approximate surface area is 180 Å². The van der Waals surface area contributed by atoms with E-state index in [1.807, 2.05) is 24.3 Å². The SMILES string of the molecule is O=C(NC1CCCCCC1)C1CCN(Cc2nc(-c3ccc(Br)cc3)no2)CC1. The minimum atomic E-state index is 0.135. The van der Waals surface area contributed by atoms with Gasteiger partial charge in [0.1, 0.15) is 0 Å². The van der Waals surface area contributed by atoms with E-state index in [0.717, 1.165) is 48.8 Å². The molecule has 0 unspecified atom stereocenters. The summed E-state index contributed by atoms with van der Waals surface area (Å²) < 4.78 is 6.47. The molecule has 0 radical (unpaired) electrons. The van der Waals surface area contributed by atoms with Gasteiger partial charge in [0.15, 0.2) is 0 Å². The van der Waals surface area contributed by atoms with E-state index in [-0.39, 0.29) is 11.8 Å². The second-order valence-corrected chi connectivity index (χ2v) is 9.18. The van der Waals surface area contributed by atoms with E-state index in [1.165, 1.54) is 25.7 Å². The van der Waals surface area contributed by atoms with Crippen molar-refractivity contribution in [3.63, 3.8) is 0 Å². The minimum absolute atomic E-state index is 0.135. The fraction of sp³-hybridized carbons (Fsp3) is 0.591. The summed E-state index contributed by atoms with van der Waals surface area (Å²) in [4.78, 5) is 19.5. The molecule has 2 heterocycles. The van der Waals surface area contributed by atoms with Crippen LogP contribution >= 0.6 is 15.9 Å². The monoisotopic (exact) mass is 460 g/mol. The number of hydrogen-bond donors (Lipinski definition) is 1. The van der Waals surface area contributed by atoms with Crippen molar-refractivity contribution in [2.75, 3.05) is 13.1 Å². The Morgan fingerprint density at radius 3 is 2.45 bits per heavy atom. The topological polar surface area (TPSA) is 71.3 Å². The van der Waals surface area contributed by atoms with E-state index >= 15 is 0 Å². The average Bonchev–Trinajstić information content (AvgIpc) is 3.04. The molecule has 7 heteroatoms. The van der Waals surface area contributed by atoms with Crippen LogP contribution in [0.25, 0.3) is 11.4 Å². The second-order valence-electron chi connectivity index (χ2n) is 8.27. The summed E-state index contributed by atoms with van der Waals surface area (Å²) in [7, 11) is 0. The number of rotatable bonds is 5. The lowest BCUT2D eigenvalue weighted by Crippen LogP contribution is -2.43. The summed E-state index contributed by atoms with van der Waals surface area (Å²) in [6.07, 6.45) is 9.18. The van der Waals surface area contributed by atoms with Crippen molar-refractivity contribution < 1.29 is 9.32 Å². The molecule has 2 aromatic rings. The molecule has 1 aromatic heterocycles. The standard InChI is InChI=1S/C22H29BrN4O2/c23-18-9-7-16(8-10-18)21-25-20(29-26-21)15-27-13-11-17(12-14-27)22(28)24-19-5-3-1-2-4-6-19/h7-10,17,19H,1-6,11-15H2,(H,24,28). The first kappa shape index (κ1) is 20.5. The average molecular weight is 461 g/mol. The van der Waals surface area contributed by atoms with Gasteiger partial charge in [-0.3, -0.25) is 9.69 Å². The summed E-state index contributed by atoms with van der Waals surface area (Å²) in [5.74, 6) is 1.64. The van der Waals surface area contributed by atoms with Gasteiger partial charge in [-0.05, 0) is 63.0 Å². The number of nitrogens with zero attached hydrogens (tertiary/aromatic N) is 3. The van der Waals surface area contributed by atoms with Crippen LogP contribution in [-0.2, 0) is 11.3 Å². The Balaban J connectivity index is 1.24. The maximum Gasteiger partial charge on any atom is 0.241 e. The van der Waals surface area contributed by atoms with Crippen molar-refractivity contribution in [2.24, 2.45) is 5.92 Å². The number of aromatic nitrogens is 2. The minimum Gasteiger partial charge on any atom is -0.353 e. The van der Waals surface area contributed by atoms with Crippen molar-refractivity contribution in [3.8, 4) is 11.4 Å². The molecule has 1 amide bonds. The predicted molar refractivity (Wildman–Crippen MR) is 115 cm³/mol. The molecule has 6 nitrogen and oxygen atoms in total. The van der Waals surface area contributed by atoms with Gasteiger partial charge in [-0.1, -0.05) is 46.8 Å². The molecule has 1 saturated carbocycles. The van der Waals surface area contributed by atoms with Gasteiger partial charge in [0.05, 0.1) is 6.54 Å². The maximum atomic E-state index is 12.7. The summed E-state index contributed by atoms with van der Waals surface area (Å²) in [5.41, 5.74) is 0.942. The number of benzene rings is 1. The van der Waals surface area contributed by atoms with E-state index in [1.54, 1.807) is 0 Å². The Kier molecular flexibility index (Phi) is 6.98. The lowest BCUT2D eigenvalue weighted by atomic mass is 9.95. The van der Waals surface area contributed by atoms with Gasteiger partial charge in [0.2, 0.25) is 17.6 Å². The van der Waals surface area contributed by atoms with Crippen LogP contribution in [0.3, 0.4) is 0 Å². The molecule has 29 heavy (non-hydrogen) atoms. The van der Waals surface area contributed by atoms with Crippen LogP contribution in [0.5, 0.6) is 0 Å². The molecule has 0 bridgehead atoms. The van der Waals surface area contributed by atoms with Crippen molar-refractivity contribution in [1.82, 2.24) is 20.4 Å². The zero-order chi connectivity index (χ0) is 20.1. The van der Waals surface area contributed by atoms with Crippen LogP contribution in [0.15, 0.2) is 33.3 Å². The number of piperidine rings is 1. The van der Waals surface area contributed by atoms with Crippen molar-refractivity contribution in [2.45, 2.75) is 64.0 Å².